The molecule has 0 atom stereocenters. The summed E-state index contributed by atoms with van der Waals surface area (Å²) >= 11 is 0.0287. The second-order valence-corrected chi connectivity index (χ2v) is 9.36. The predicted octanol–water partition coefficient (Wildman–Crippen LogP) is 0.714. The van der Waals surface area contributed by atoms with E-state index in [1.54, 1.807) is 12.1 Å². The first-order valence-corrected chi connectivity index (χ1v) is 10.8. The summed E-state index contributed by atoms with van der Waals surface area (Å²) in [5.74, 6) is 0. The Balaban J connectivity index is 0.000000177. The predicted molar refractivity (Wildman–Crippen MR) is 89.4 cm³/mol. The first kappa shape index (κ1) is 18.6. The van der Waals surface area contributed by atoms with E-state index in [4.69, 9.17) is 0 Å². The second kappa shape index (κ2) is 8.96. The van der Waals surface area contributed by atoms with Gasteiger partial charge in [-0.1, -0.05) is 54.1 Å². The minimum Gasteiger partial charge on any atom is -0.744 e. The van der Waals surface area contributed by atoms with Crippen molar-refractivity contribution >= 4 is 10.1 Å². The summed E-state index contributed by atoms with van der Waals surface area (Å²) in [7, 11) is -4.27. The average molecular weight is 452 g/mol. The van der Waals surface area contributed by atoms with E-state index >= 15 is 0 Å². The van der Waals surface area contributed by atoms with Crippen molar-refractivity contribution in [2.24, 2.45) is 0 Å². The molecule has 0 spiro atoms. The van der Waals surface area contributed by atoms with Gasteiger partial charge in [0.25, 0.3) is 0 Å². The minimum atomic E-state index is -4.27. The number of hydrogen-bond acceptors (Lipinski definition) is 3. The highest BCUT2D eigenvalue weighted by atomic mass is 127. The second-order valence-electron chi connectivity index (χ2n) is 4.95. The standard InChI is InChI=1S/C12H10I.C7H8O3S/c1-3-7-11(8-4-1)13-12-9-5-2-6-10-12;1-6-2-4-7(5-3-6)11(8,9)10/h1-10H;2-5H,1H3,(H,8,9,10)/q+1;/p-1. The molecule has 3 aromatic rings. The monoisotopic (exact) mass is 452 g/mol. The van der Waals surface area contributed by atoms with E-state index in [1.165, 1.54) is 19.3 Å². The lowest BCUT2D eigenvalue weighted by atomic mass is 10.2. The van der Waals surface area contributed by atoms with Gasteiger partial charge in [0.1, 0.15) is 10.1 Å². The lowest BCUT2D eigenvalue weighted by Crippen LogP contribution is -3.61. The summed E-state index contributed by atoms with van der Waals surface area (Å²) < 4.78 is 34.1. The maximum atomic E-state index is 10.4. The van der Waals surface area contributed by atoms with Crippen LogP contribution >= 0.6 is 0 Å². The summed E-state index contributed by atoms with van der Waals surface area (Å²) in [5, 5.41) is 0. The zero-order valence-corrected chi connectivity index (χ0v) is 16.1. The van der Waals surface area contributed by atoms with E-state index in [9.17, 15) is 13.0 Å². The number of halogens is 1. The van der Waals surface area contributed by atoms with Gasteiger partial charge in [-0.05, 0) is 43.3 Å². The fourth-order valence-electron chi connectivity index (χ4n) is 1.79. The van der Waals surface area contributed by atoms with Crippen LogP contribution in [0.15, 0.2) is 89.8 Å². The highest BCUT2D eigenvalue weighted by Gasteiger charge is 2.12. The Morgan fingerprint density at radius 3 is 1.50 bits per heavy atom. The molecule has 0 unspecified atom stereocenters. The molecule has 3 aromatic carbocycles. The maximum absolute atomic E-state index is 10.4. The van der Waals surface area contributed by atoms with Crippen LogP contribution in [0.5, 0.6) is 0 Å². The molecular weight excluding hydrogens is 435 g/mol. The van der Waals surface area contributed by atoms with Crippen molar-refractivity contribution in [1.82, 2.24) is 0 Å². The van der Waals surface area contributed by atoms with E-state index in [-0.39, 0.29) is 26.1 Å². The van der Waals surface area contributed by atoms with Crippen LogP contribution in [0.2, 0.25) is 0 Å². The largest absolute Gasteiger partial charge is 0.744 e. The molecule has 0 radical (unpaired) electrons. The fourth-order valence-corrected chi connectivity index (χ4v) is 4.52. The Morgan fingerprint density at radius 2 is 1.12 bits per heavy atom. The van der Waals surface area contributed by atoms with Crippen LogP contribution in [-0.2, 0) is 10.1 Å². The molecule has 0 N–H and O–H groups in total. The van der Waals surface area contributed by atoms with Gasteiger partial charge in [-0.2, -0.15) is 0 Å². The van der Waals surface area contributed by atoms with Crippen LogP contribution in [0.1, 0.15) is 5.56 Å². The molecule has 0 fully saturated rings. The normalized spacial score (nSPS) is 10.6. The van der Waals surface area contributed by atoms with E-state index in [1.807, 2.05) is 6.92 Å². The van der Waals surface area contributed by atoms with Crippen molar-refractivity contribution in [2.75, 3.05) is 0 Å². The van der Waals surface area contributed by atoms with Crippen LogP contribution in [-0.4, -0.2) is 13.0 Å². The number of aryl methyl sites for hydroxylation is 1. The molecule has 0 aliphatic rings. The average Bonchev–Trinajstić information content (AvgIpc) is 2.57. The molecule has 0 amide bonds. The van der Waals surface area contributed by atoms with Crippen molar-refractivity contribution in [3.05, 3.63) is 97.6 Å². The lowest BCUT2D eigenvalue weighted by Gasteiger charge is -2.05. The van der Waals surface area contributed by atoms with Gasteiger partial charge in [0.15, 0.2) is 7.14 Å². The van der Waals surface area contributed by atoms with Gasteiger partial charge in [0, 0.05) is 0 Å². The van der Waals surface area contributed by atoms with Gasteiger partial charge < -0.3 is 4.55 Å². The third kappa shape index (κ3) is 6.43. The summed E-state index contributed by atoms with van der Waals surface area (Å²) in [6.07, 6.45) is 0. The van der Waals surface area contributed by atoms with Gasteiger partial charge in [-0.3, -0.25) is 0 Å². The molecule has 24 heavy (non-hydrogen) atoms. The van der Waals surface area contributed by atoms with Crippen LogP contribution < -0.4 is 21.2 Å². The number of rotatable bonds is 3. The SMILES string of the molecule is Cc1ccc(S(=O)(=O)[O-])cc1.c1ccc([I+]c2ccccc2)cc1. The van der Waals surface area contributed by atoms with Gasteiger partial charge >= 0.3 is 21.2 Å². The van der Waals surface area contributed by atoms with Crippen molar-refractivity contribution < 1.29 is 34.2 Å². The van der Waals surface area contributed by atoms with Crippen molar-refractivity contribution in [1.29, 1.82) is 0 Å². The van der Waals surface area contributed by atoms with Crippen LogP contribution in [0.3, 0.4) is 0 Å². The van der Waals surface area contributed by atoms with Gasteiger partial charge in [-0.15, -0.1) is 0 Å². The number of benzene rings is 3. The highest BCUT2D eigenvalue weighted by Crippen LogP contribution is 2.08. The van der Waals surface area contributed by atoms with E-state index in [0.717, 1.165) is 5.56 Å². The minimum absolute atomic E-state index is 0.0287. The van der Waals surface area contributed by atoms with Gasteiger partial charge in [0.05, 0.1) is 4.90 Å². The maximum Gasteiger partial charge on any atom is 0.357 e. The first-order valence-electron chi connectivity index (χ1n) is 7.22. The molecule has 124 valence electrons. The molecule has 0 aromatic heterocycles. The molecular formula is C19H17IO3S. The third-order valence-corrected chi connectivity index (χ3v) is 6.53. The summed E-state index contributed by atoms with van der Waals surface area (Å²) in [4.78, 5) is -0.178. The molecule has 0 bridgehead atoms. The molecule has 0 aliphatic carbocycles. The summed E-state index contributed by atoms with van der Waals surface area (Å²) in [6, 6.07) is 27.2. The quantitative estimate of drug-likeness (QED) is 0.435. The van der Waals surface area contributed by atoms with Crippen LogP contribution in [0.4, 0.5) is 0 Å². The summed E-state index contributed by atoms with van der Waals surface area (Å²) in [5.41, 5.74) is 0.928. The van der Waals surface area contributed by atoms with Crippen LogP contribution in [0, 0.1) is 14.1 Å². The Hall–Kier alpha value is -1.70. The molecule has 5 heteroatoms. The van der Waals surface area contributed by atoms with Crippen LogP contribution in [0.25, 0.3) is 0 Å². The number of hydrogen-bond donors (Lipinski definition) is 0. The molecule has 0 aliphatic heterocycles. The highest BCUT2D eigenvalue weighted by molar-refractivity contribution is 7.85. The molecule has 0 heterocycles. The Morgan fingerprint density at radius 1 is 0.708 bits per heavy atom. The lowest BCUT2D eigenvalue weighted by molar-refractivity contribution is -0.597. The van der Waals surface area contributed by atoms with Crippen molar-refractivity contribution in [3.8, 4) is 0 Å². The van der Waals surface area contributed by atoms with Gasteiger partial charge in [0.2, 0.25) is 0 Å². The molecule has 3 nitrogen and oxygen atoms in total. The topological polar surface area (TPSA) is 57.2 Å². The Kier molecular flexibility index (Phi) is 6.96. The molecule has 0 saturated carbocycles. The molecule has 3 rings (SSSR count). The Bertz CT molecular complexity index is 809. The van der Waals surface area contributed by atoms with Crippen molar-refractivity contribution in [3.63, 3.8) is 0 Å². The third-order valence-electron chi connectivity index (χ3n) is 2.99. The smallest absolute Gasteiger partial charge is 0.357 e. The van der Waals surface area contributed by atoms with E-state index < -0.39 is 10.1 Å². The van der Waals surface area contributed by atoms with E-state index in [2.05, 4.69) is 60.7 Å². The molecule has 0 saturated heterocycles. The van der Waals surface area contributed by atoms with Crippen molar-refractivity contribution in [2.45, 2.75) is 11.8 Å². The Labute approximate surface area is 153 Å². The summed E-state index contributed by atoms with van der Waals surface area (Å²) in [6.45, 7) is 1.82. The van der Waals surface area contributed by atoms with Gasteiger partial charge in [-0.25, -0.2) is 8.42 Å². The van der Waals surface area contributed by atoms with E-state index in [0.29, 0.717) is 0 Å². The zero-order chi connectivity index (χ0) is 17.4. The zero-order valence-electron chi connectivity index (χ0n) is 13.1. The first-order chi connectivity index (χ1) is 11.4. The fraction of sp³-hybridized carbons (Fsp3) is 0.0526.